The molecule has 84 valence electrons. The molecular weight excluding hydrogens is 209 g/mol. The monoisotopic (exact) mass is 221 g/mol. The van der Waals surface area contributed by atoms with Gasteiger partial charge in [0.2, 0.25) is 11.8 Å². The molecule has 2 atom stereocenters. The first-order chi connectivity index (χ1) is 7.52. The molecule has 4 heteroatoms. The van der Waals surface area contributed by atoms with Crippen LogP contribution in [0.3, 0.4) is 0 Å². The second-order valence-corrected chi connectivity index (χ2v) is 4.07. The maximum absolute atomic E-state index is 12.7. The van der Waals surface area contributed by atoms with Gasteiger partial charge in [-0.3, -0.25) is 14.5 Å². The van der Waals surface area contributed by atoms with Crippen molar-refractivity contribution in [3.8, 4) is 0 Å². The highest BCUT2D eigenvalue weighted by Gasteiger charge is 2.42. The Labute approximate surface area is 92.9 Å². The number of amides is 2. The minimum Gasteiger partial charge on any atom is -0.274 e. The van der Waals surface area contributed by atoms with Gasteiger partial charge in [-0.05, 0) is 24.3 Å². The average molecular weight is 221 g/mol. The smallest absolute Gasteiger partial charge is 0.237 e. The van der Waals surface area contributed by atoms with Gasteiger partial charge in [0.1, 0.15) is 5.82 Å². The van der Waals surface area contributed by atoms with Crippen LogP contribution in [-0.2, 0) is 9.59 Å². The van der Waals surface area contributed by atoms with Gasteiger partial charge >= 0.3 is 0 Å². The summed E-state index contributed by atoms with van der Waals surface area (Å²) in [4.78, 5) is 24.8. The summed E-state index contributed by atoms with van der Waals surface area (Å²) in [5, 5.41) is 0. The van der Waals surface area contributed by atoms with Crippen LogP contribution in [0.2, 0.25) is 0 Å². The Morgan fingerprint density at radius 1 is 1.00 bits per heavy atom. The Bertz CT molecular complexity index is 421. The molecule has 1 aliphatic rings. The van der Waals surface area contributed by atoms with E-state index in [1.165, 1.54) is 24.3 Å². The zero-order valence-electron chi connectivity index (χ0n) is 9.11. The molecule has 1 heterocycles. The standard InChI is InChI=1S/C12H12FNO2/c1-7-8(2)12(16)14(11(7)15)10-5-3-9(13)4-6-10/h3-8H,1-2H3. The third-order valence-corrected chi connectivity index (χ3v) is 3.05. The fourth-order valence-electron chi connectivity index (χ4n) is 1.79. The number of hydrogen-bond acceptors (Lipinski definition) is 2. The Hall–Kier alpha value is -1.71. The van der Waals surface area contributed by atoms with Gasteiger partial charge in [0.05, 0.1) is 5.69 Å². The predicted octanol–water partition coefficient (Wildman–Crippen LogP) is 1.97. The fourth-order valence-corrected chi connectivity index (χ4v) is 1.79. The highest BCUT2D eigenvalue weighted by Crippen LogP contribution is 2.30. The minimum absolute atomic E-state index is 0.218. The molecule has 3 nitrogen and oxygen atoms in total. The summed E-state index contributed by atoms with van der Waals surface area (Å²) in [5.74, 6) is -1.44. The van der Waals surface area contributed by atoms with Crippen molar-refractivity contribution in [2.24, 2.45) is 11.8 Å². The molecule has 1 saturated heterocycles. The lowest BCUT2D eigenvalue weighted by molar-refractivity contribution is -0.122. The summed E-state index contributed by atoms with van der Waals surface area (Å²) in [6.07, 6.45) is 0. The number of hydrogen-bond donors (Lipinski definition) is 0. The maximum Gasteiger partial charge on any atom is 0.237 e. The van der Waals surface area contributed by atoms with E-state index in [1.807, 2.05) is 0 Å². The topological polar surface area (TPSA) is 37.4 Å². The summed E-state index contributed by atoms with van der Waals surface area (Å²) < 4.78 is 12.7. The summed E-state index contributed by atoms with van der Waals surface area (Å²) >= 11 is 0. The number of rotatable bonds is 1. The molecule has 2 unspecified atom stereocenters. The minimum atomic E-state index is -0.385. The van der Waals surface area contributed by atoms with Crippen molar-refractivity contribution < 1.29 is 14.0 Å². The van der Waals surface area contributed by atoms with Gasteiger partial charge in [-0.2, -0.15) is 0 Å². The Balaban J connectivity index is 2.38. The summed E-state index contributed by atoms with van der Waals surface area (Å²) in [7, 11) is 0. The van der Waals surface area contributed by atoms with Crippen molar-refractivity contribution in [3.63, 3.8) is 0 Å². The highest BCUT2D eigenvalue weighted by molar-refractivity contribution is 6.21. The molecule has 1 aromatic rings. The summed E-state index contributed by atoms with van der Waals surface area (Å²) in [5.41, 5.74) is 0.438. The normalized spacial score (nSPS) is 25.3. The number of nitrogens with zero attached hydrogens (tertiary/aromatic N) is 1. The summed E-state index contributed by atoms with van der Waals surface area (Å²) in [6.45, 7) is 3.46. The molecule has 1 fully saturated rings. The first kappa shape index (κ1) is 10.8. The van der Waals surface area contributed by atoms with Crippen molar-refractivity contribution in [2.45, 2.75) is 13.8 Å². The van der Waals surface area contributed by atoms with Gasteiger partial charge in [0, 0.05) is 11.8 Å². The number of carbonyl (C=O) groups excluding carboxylic acids is 2. The van der Waals surface area contributed by atoms with Crippen molar-refractivity contribution in [3.05, 3.63) is 30.1 Å². The molecule has 1 aromatic carbocycles. The summed E-state index contributed by atoms with van der Waals surface area (Å²) in [6, 6.07) is 5.36. The van der Waals surface area contributed by atoms with E-state index in [4.69, 9.17) is 0 Å². The van der Waals surface area contributed by atoms with E-state index >= 15 is 0 Å². The van der Waals surface area contributed by atoms with Crippen LogP contribution in [0.4, 0.5) is 10.1 Å². The number of halogens is 1. The van der Waals surface area contributed by atoms with Crippen molar-refractivity contribution in [1.29, 1.82) is 0 Å². The third-order valence-electron chi connectivity index (χ3n) is 3.05. The van der Waals surface area contributed by atoms with Crippen LogP contribution in [0.15, 0.2) is 24.3 Å². The van der Waals surface area contributed by atoms with E-state index in [0.717, 1.165) is 4.90 Å². The van der Waals surface area contributed by atoms with Crippen molar-refractivity contribution >= 4 is 17.5 Å². The lowest BCUT2D eigenvalue weighted by atomic mass is 10.00. The third kappa shape index (κ3) is 1.50. The molecule has 0 aliphatic carbocycles. The zero-order valence-corrected chi connectivity index (χ0v) is 9.11. The van der Waals surface area contributed by atoms with E-state index in [0.29, 0.717) is 5.69 Å². The molecule has 1 aliphatic heterocycles. The lowest BCUT2D eigenvalue weighted by Gasteiger charge is -2.14. The molecule has 0 bridgehead atoms. The number of anilines is 1. The van der Waals surface area contributed by atoms with Crippen LogP contribution in [-0.4, -0.2) is 11.8 Å². The molecule has 0 spiro atoms. The van der Waals surface area contributed by atoms with Gasteiger partial charge in [0.25, 0.3) is 0 Å². The van der Waals surface area contributed by atoms with Crippen LogP contribution in [0.1, 0.15) is 13.8 Å². The average Bonchev–Trinajstić information content (AvgIpc) is 2.46. The molecule has 0 radical (unpaired) electrons. The van der Waals surface area contributed by atoms with Crippen LogP contribution < -0.4 is 4.90 Å². The molecule has 16 heavy (non-hydrogen) atoms. The number of carbonyl (C=O) groups is 2. The molecule has 2 rings (SSSR count). The first-order valence-corrected chi connectivity index (χ1v) is 5.15. The van der Waals surface area contributed by atoms with Crippen LogP contribution in [0.25, 0.3) is 0 Å². The quantitative estimate of drug-likeness (QED) is 0.680. The SMILES string of the molecule is CC1C(=O)N(c2ccc(F)cc2)C(=O)C1C. The molecule has 0 saturated carbocycles. The predicted molar refractivity (Wildman–Crippen MR) is 57.2 cm³/mol. The Morgan fingerprint density at radius 2 is 1.44 bits per heavy atom. The second kappa shape index (κ2) is 3.70. The Morgan fingerprint density at radius 3 is 1.88 bits per heavy atom. The van der Waals surface area contributed by atoms with E-state index in [9.17, 15) is 14.0 Å². The van der Waals surface area contributed by atoms with Crippen LogP contribution in [0, 0.1) is 17.7 Å². The van der Waals surface area contributed by atoms with E-state index in [1.54, 1.807) is 13.8 Å². The molecule has 0 aromatic heterocycles. The zero-order chi connectivity index (χ0) is 11.9. The second-order valence-electron chi connectivity index (χ2n) is 4.07. The first-order valence-electron chi connectivity index (χ1n) is 5.15. The number of benzene rings is 1. The maximum atomic E-state index is 12.7. The van der Waals surface area contributed by atoms with Gasteiger partial charge < -0.3 is 0 Å². The van der Waals surface area contributed by atoms with Gasteiger partial charge in [-0.15, -0.1) is 0 Å². The Kier molecular flexibility index (Phi) is 2.50. The van der Waals surface area contributed by atoms with Gasteiger partial charge in [0.15, 0.2) is 0 Å². The molecule has 2 amide bonds. The van der Waals surface area contributed by atoms with Crippen molar-refractivity contribution in [2.75, 3.05) is 4.90 Å². The lowest BCUT2D eigenvalue weighted by Crippen LogP contribution is -2.30. The van der Waals surface area contributed by atoms with E-state index in [-0.39, 0.29) is 29.5 Å². The number of imide groups is 1. The fraction of sp³-hybridized carbons (Fsp3) is 0.333. The largest absolute Gasteiger partial charge is 0.274 e. The van der Waals surface area contributed by atoms with E-state index in [2.05, 4.69) is 0 Å². The van der Waals surface area contributed by atoms with Crippen molar-refractivity contribution in [1.82, 2.24) is 0 Å². The molecular formula is C12H12FNO2. The van der Waals surface area contributed by atoms with Gasteiger partial charge in [-0.1, -0.05) is 13.8 Å². The highest BCUT2D eigenvalue weighted by atomic mass is 19.1. The van der Waals surface area contributed by atoms with E-state index < -0.39 is 0 Å². The van der Waals surface area contributed by atoms with Crippen LogP contribution >= 0.6 is 0 Å². The van der Waals surface area contributed by atoms with Crippen LogP contribution in [0.5, 0.6) is 0 Å². The van der Waals surface area contributed by atoms with Gasteiger partial charge in [-0.25, -0.2) is 4.39 Å². The molecule has 0 N–H and O–H groups in total.